The van der Waals surface area contributed by atoms with Gasteiger partial charge in [-0.1, -0.05) is 25.1 Å². The monoisotopic (exact) mass is 332 g/mol. The smallest absolute Gasteiger partial charge is 0.334 e. The van der Waals surface area contributed by atoms with Gasteiger partial charge in [-0.25, -0.2) is 14.4 Å². The van der Waals surface area contributed by atoms with Crippen molar-refractivity contribution in [2.45, 2.75) is 19.8 Å². The summed E-state index contributed by atoms with van der Waals surface area (Å²) in [6, 6.07) is 8.27. The fourth-order valence-corrected chi connectivity index (χ4v) is 1.65. The minimum absolute atomic E-state index is 0.0559. The maximum Gasteiger partial charge on any atom is 0.334 e. The van der Waals surface area contributed by atoms with Crippen LogP contribution in [-0.2, 0) is 23.9 Å². The van der Waals surface area contributed by atoms with Crippen molar-refractivity contribution < 1.29 is 33.8 Å². The highest BCUT2D eigenvalue weighted by molar-refractivity contribution is 5.95. The molecule has 24 heavy (non-hydrogen) atoms. The number of carboxylic acids is 1. The van der Waals surface area contributed by atoms with Crippen LogP contribution in [0.1, 0.15) is 19.8 Å². The van der Waals surface area contributed by atoms with Crippen molar-refractivity contribution in [2.75, 3.05) is 6.61 Å². The number of carbonyl (C=O) groups is 3. The first-order valence-electron chi connectivity index (χ1n) is 7.05. The third kappa shape index (κ3) is 6.72. The summed E-state index contributed by atoms with van der Waals surface area (Å²) < 4.78 is 9.83. The molecule has 1 aromatic carbocycles. The van der Waals surface area contributed by atoms with E-state index in [1.54, 1.807) is 37.3 Å². The molecule has 0 aliphatic carbocycles. The number of benzene rings is 1. The highest BCUT2D eigenvalue weighted by Crippen LogP contribution is 2.11. The van der Waals surface area contributed by atoms with Gasteiger partial charge in [0.1, 0.15) is 18.3 Å². The quantitative estimate of drug-likeness (QED) is 0.334. The molecule has 1 aromatic rings. The molecule has 0 spiro atoms. The van der Waals surface area contributed by atoms with Crippen LogP contribution < -0.4 is 4.74 Å². The molecule has 7 heteroatoms. The third-order valence-electron chi connectivity index (χ3n) is 2.80. The topological polar surface area (TPSA) is 107 Å². The summed E-state index contributed by atoms with van der Waals surface area (Å²) in [5.74, 6) is -1.00. The zero-order valence-corrected chi connectivity index (χ0v) is 13.0. The van der Waals surface area contributed by atoms with Crippen molar-refractivity contribution in [1.29, 1.82) is 0 Å². The molecule has 0 saturated heterocycles. The Morgan fingerprint density at radius 1 is 1.21 bits per heavy atom. The van der Waals surface area contributed by atoms with Gasteiger partial charge in [0.2, 0.25) is 0 Å². The molecule has 126 valence electrons. The van der Waals surface area contributed by atoms with Crippen molar-refractivity contribution in [2.24, 2.45) is 0 Å². The summed E-state index contributed by atoms with van der Waals surface area (Å²) in [5, 5.41) is 8.63. The van der Waals surface area contributed by atoms with Gasteiger partial charge in [-0.15, -0.1) is 0 Å². The Labute approximate surface area is 138 Å². The first-order valence-corrected chi connectivity index (χ1v) is 7.05. The van der Waals surface area contributed by atoms with Crippen molar-refractivity contribution >= 4 is 23.8 Å². The number of carboxylic acid groups (broad SMARTS) is 1. The molecule has 0 amide bonds. The van der Waals surface area contributed by atoms with Crippen LogP contribution in [0.15, 0.2) is 47.6 Å². The van der Waals surface area contributed by atoms with Gasteiger partial charge >= 0.3 is 17.9 Å². The SMILES string of the molecule is CC/C(=C/C(=O)O)C(=O)OCC(=C=O)CC(=O)Oc1ccccc1. The predicted molar refractivity (Wildman–Crippen MR) is 82.9 cm³/mol. The molecule has 0 aliphatic heterocycles. The zero-order valence-electron chi connectivity index (χ0n) is 13.0. The minimum Gasteiger partial charge on any atom is -0.478 e. The van der Waals surface area contributed by atoms with Crippen LogP contribution in [-0.4, -0.2) is 35.6 Å². The molecule has 0 aliphatic rings. The molecule has 0 radical (unpaired) electrons. The van der Waals surface area contributed by atoms with Crippen molar-refractivity contribution in [1.82, 2.24) is 0 Å². The van der Waals surface area contributed by atoms with Gasteiger partial charge in [-0.05, 0) is 18.6 Å². The van der Waals surface area contributed by atoms with Gasteiger partial charge < -0.3 is 14.6 Å². The van der Waals surface area contributed by atoms with E-state index in [4.69, 9.17) is 14.6 Å². The second-order valence-electron chi connectivity index (χ2n) is 4.61. The Morgan fingerprint density at radius 3 is 2.42 bits per heavy atom. The highest BCUT2D eigenvalue weighted by Gasteiger charge is 2.15. The van der Waals surface area contributed by atoms with Gasteiger partial charge in [0, 0.05) is 11.6 Å². The Morgan fingerprint density at radius 2 is 1.88 bits per heavy atom. The maximum atomic E-state index is 11.7. The summed E-state index contributed by atoms with van der Waals surface area (Å²) in [7, 11) is 0. The molecule has 0 fully saturated rings. The largest absolute Gasteiger partial charge is 0.478 e. The lowest BCUT2D eigenvalue weighted by atomic mass is 10.2. The third-order valence-corrected chi connectivity index (χ3v) is 2.80. The van der Waals surface area contributed by atoms with Gasteiger partial charge in [0.25, 0.3) is 0 Å². The second-order valence-corrected chi connectivity index (χ2v) is 4.61. The van der Waals surface area contributed by atoms with Crippen LogP contribution in [0.5, 0.6) is 5.75 Å². The minimum atomic E-state index is -1.28. The van der Waals surface area contributed by atoms with Gasteiger partial charge in [-0.3, -0.25) is 4.79 Å². The normalized spacial score (nSPS) is 10.5. The molecule has 0 atom stereocenters. The Balaban J connectivity index is 2.56. The molecule has 1 N–H and O–H groups in total. The van der Waals surface area contributed by atoms with Crippen LogP contribution in [0.25, 0.3) is 0 Å². The lowest BCUT2D eigenvalue weighted by molar-refractivity contribution is -0.140. The number of ether oxygens (including phenoxy) is 2. The van der Waals surface area contributed by atoms with E-state index >= 15 is 0 Å². The highest BCUT2D eigenvalue weighted by atomic mass is 16.5. The Kier molecular flexibility index (Phi) is 7.67. The zero-order chi connectivity index (χ0) is 17.9. The predicted octanol–water partition coefficient (Wildman–Crippen LogP) is 1.70. The molecule has 0 heterocycles. The van der Waals surface area contributed by atoms with Crippen molar-refractivity contribution in [3.63, 3.8) is 0 Å². The maximum absolute atomic E-state index is 11.7. The van der Waals surface area contributed by atoms with Crippen LogP contribution in [0, 0.1) is 0 Å². The molecular formula is C17H16O7. The number of hydrogen-bond donors (Lipinski definition) is 1. The Hall–Kier alpha value is -3.18. The molecule has 0 unspecified atom stereocenters. The summed E-state index contributed by atoms with van der Waals surface area (Å²) in [4.78, 5) is 44.8. The number of para-hydroxylation sites is 1. The number of esters is 2. The first kappa shape index (κ1) is 18.9. The average Bonchev–Trinajstić information content (AvgIpc) is 2.56. The van der Waals surface area contributed by atoms with Gasteiger partial charge in [0.15, 0.2) is 0 Å². The summed E-state index contributed by atoms with van der Waals surface area (Å²) in [6.45, 7) is 1.12. The van der Waals surface area contributed by atoms with E-state index < -0.39 is 30.9 Å². The van der Waals surface area contributed by atoms with E-state index in [9.17, 15) is 19.2 Å². The molecule has 0 bridgehead atoms. The van der Waals surface area contributed by atoms with E-state index in [1.165, 1.54) is 5.94 Å². The van der Waals surface area contributed by atoms with Crippen LogP contribution in [0.3, 0.4) is 0 Å². The number of hydrogen-bond acceptors (Lipinski definition) is 6. The molecule has 0 saturated carbocycles. The van der Waals surface area contributed by atoms with Gasteiger partial charge in [-0.2, -0.15) is 0 Å². The standard InChI is InChI=1S/C17H16O7/c1-2-13(9-15(19)20)17(22)23-11-12(10-18)8-16(21)24-14-6-4-3-5-7-14/h3-7,9H,2,8,11H2,1H3,(H,19,20)/b13-9-. The van der Waals surface area contributed by atoms with Crippen molar-refractivity contribution in [3.8, 4) is 5.75 Å². The van der Waals surface area contributed by atoms with E-state index in [0.717, 1.165) is 6.08 Å². The second kappa shape index (κ2) is 9.76. The first-order chi connectivity index (χ1) is 11.5. The summed E-state index contributed by atoms with van der Waals surface area (Å²) >= 11 is 0. The molecule has 0 aromatic heterocycles. The number of aliphatic carboxylic acids is 1. The number of rotatable bonds is 8. The lowest BCUT2D eigenvalue weighted by Gasteiger charge is -2.07. The van der Waals surface area contributed by atoms with Gasteiger partial charge in [0.05, 0.1) is 12.0 Å². The van der Waals surface area contributed by atoms with Crippen LogP contribution in [0.2, 0.25) is 0 Å². The summed E-state index contributed by atoms with van der Waals surface area (Å²) in [5.41, 5.74) is -0.172. The fraction of sp³-hybridized carbons (Fsp3) is 0.235. The lowest BCUT2D eigenvalue weighted by Crippen LogP contribution is -2.15. The fourth-order valence-electron chi connectivity index (χ4n) is 1.65. The Bertz CT molecular complexity index is 682. The molecular weight excluding hydrogens is 316 g/mol. The van der Waals surface area contributed by atoms with E-state index in [-0.39, 0.29) is 17.6 Å². The van der Waals surface area contributed by atoms with E-state index in [2.05, 4.69) is 0 Å². The molecule has 7 nitrogen and oxygen atoms in total. The number of carbonyl (C=O) groups excluding carboxylic acids is 3. The van der Waals surface area contributed by atoms with Crippen LogP contribution in [0.4, 0.5) is 0 Å². The molecule has 1 rings (SSSR count). The van der Waals surface area contributed by atoms with Crippen LogP contribution >= 0.6 is 0 Å². The van der Waals surface area contributed by atoms with E-state index in [0.29, 0.717) is 5.75 Å². The van der Waals surface area contributed by atoms with E-state index in [1.807, 2.05) is 0 Å². The summed E-state index contributed by atoms with van der Waals surface area (Å²) in [6.07, 6.45) is 0.493. The average molecular weight is 332 g/mol. The van der Waals surface area contributed by atoms with Crippen molar-refractivity contribution in [3.05, 3.63) is 47.6 Å².